The second-order valence-electron chi connectivity index (χ2n) is 0.756. The van der Waals surface area contributed by atoms with Crippen LogP contribution in [-0.2, 0) is 22.4 Å². The Bertz CT molecular complexity index is 60.0. The molecule has 0 radical (unpaired) electrons. The van der Waals surface area contributed by atoms with Crippen LogP contribution in [0.2, 0.25) is 0 Å². The third-order valence-electron chi connectivity index (χ3n) is 0. The van der Waals surface area contributed by atoms with Crippen LogP contribution in [0.1, 0.15) is 0 Å². The average molecular weight is 513 g/mol. The summed E-state index contributed by atoms with van der Waals surface area (Å²) in [6, 6.07) is 0. The molecule has 0 atom stereocenters. The summed E-state index contributed by atoms with van der Waals surface area (Å²) < 4.78 is 68.9. The van der Waals surface area contributed by atoms with E-state index in [1.807, 2.05) is 0 Å². The molecule has 0 aliphatic carbocycles. The molecule has 0 aromatic rings. The van der Waals surface area contributed by atoms with Gasteiger partial charge in [-0.3, -0.25) is 27.5 Å². The van der Waals surface area contributed by atoms with E-state index in [-0.39, 0.29) is 51.9 Å². The van der Waals surface area contributed by atoms with Gasteiger partial charge in [-0.2, -0.15) is 0 Å². The molecule has 0 saturated heterocycles. The summed E-state index contributed by atoms with van der Waals surface area (Å²) in [4.78, 5) is 0. The predicted molar refractivity (Wildman–Crippen MR) is 0 cm³/mol. The summed E-state index contributed by atoms with van der Waals surface area (Å²) >= 11 is -11.9. The molecule has 0 amide bonds. The van der Waals surface area contributed by atoms with Crippen LogP contribution in [0.3, 0.4) is 0 Å². The molecule has 12 heteroatoms. The first kappa shape index (κ1) is 24.2. The van der Waals surface area contributed by atoms with Crippen molar-refractivity contribution in [3.05, 3.63) is 0 Å². The molecule has 0 bridgehead atoms. The second-order valence-corrected chi connectivity index (χ2v) is 5.07. The Labute approximate surface area is 117 Å². The van der Waals surface area contributed by atoms with Gasteiger partial charge in [-0.05, 0) is 0 Å². The van der Waals surface area contributed by atoms with E-state index in [1.54, 1.807) is 0 Å². The van der Waals surface area contributed by atoms with E-state index in [2.05, 4.69) is 0 Å². The molecule has 0 N–H and O–H groups in total. The Balaban J connectivity index is -0.0000000457. The van der Waals surface area contributed by atoms with Crippen LogP contribution in [0.5, 0.6) is 0 Å². The van der Waals surface area contributed by atoms with Gasteiger partial charge >= 0.3 is 51.9 Å². The molecule has 0 aromatic carbocycles. The van der Waals surface area contributed by atoms with Gasteiger partial charge < -0.3 is 0 Å². The van der Waals surface area contributed by atoms with E-state index >= 15 is 0 Å². The molecular formula is AgI2NaO8. The minimum absolute atomic E-state index is 0. The zero-order valence-electron chi connectivity index (χ0n) is 5.32. The van der Waals surface area contributed by atoms with Gasteiger partial charge in [-0.15, -0.1) is 0 Å². The first-order valence-corrected chi connectivity index (χ1v) is 8.28. The van der Waals surface area contributed by atoms with Crippen LogP contribution in [0.4, 0.5) is 0 Å². The number of rotatable bonds is 0. The van der Waals surface area contributed by atoms with Crippen LogP contribution in [-0.4, -0.2) is 0 Å². The predicted octanol–water partition coefficient (Wildman–Crippen LogP) is -18.5. The maximum atomic E-state index is 8.62. The summed E-state index contributed by atoms with van der Waals surface area (Å²) in [5, 5.41) is 0. The maximum Gasteiger partial charge on any atom is 1.00 e. The van der Waals surface area contributed by atoms with Crippen molar-refractivity contribution in [1.82, 2.24) is 0 Å². The molecule has 0 aliphatic rings. The third kappa shape index (κ3) is 219. The van der Waals surface area contributed by atoms with Gasteiger partial charge in [0.1, 0.15) is 40.2 Å². The second kappa shape index (κ2) is 10.4. The fourth-order valence-corrected chi connectivity index (χ4v) is 0. The quantitative estimate of drug-likeness (QED) is 0.226. The SMILES string of the molecule is [Ag+].[Na+].[O-][I+3]([O-])([O-])[O-].[O-][I+3]([O-])([O-])[O-]. The molecule has 8 nitrogen and oxygen atoms in total. The van der Waals surface area contributed by atoms with Crippen LogP contribution < -0.4 is 97.2 Å². The Kier molecular flexibility index (Phi) is 21.0. The van der Waals surface area contributed by atoms with Crippen LogP contribution in [0.25, 0.3) is 0 Å². The Hall–Kier alpha value is 2.88. The molecule has 0 spiro atoms. The minimum Gasteiger partial charge on any atom is -0.286 e. The number of halogens is 2. The van der Waals surface area contributed by atoms with Gasteiger partial charge in [0.05, 0.1) is 0 Å². The van der Waals surface area contributed by atoms with E-state index in [4.69, 9.17) is 27.5 Å². The fraction of sp³-hybridized carbons (Fsp3) is 0. The molecule has 0 heterocycles. The summed E-state index contributed by atoms with van der Waals surface area (Å²) in [5.74, 6) is 0. The van der Waals surface area contributed by atoms with Gasteiger partial charge in [-0.1, -0.05) is 0 Å². The molecule has 0 fully saturated rings. The zero-order valence-corrected chi connectivity index (χ0v) is 13.1. The van der Waals surface area contributed by atoms with Gasteiger partial charge in [0, 0.05) is 0 Å². The van der Waals surface area contributed by atoms with Gasteiger partial charge in [0.15, 0.2) is 0 Å². The Morgan fingerprint density at radius 1 is 0.500 bits per heavy atom. The molecule has 74 valence electrons. The standard InChI is InChI=1S/Ag.2IO4.Na/c;2*2-1(3,4)5;/q+1;2*-1;+1. The molecule has 0 unspecified atom stereocenters. The largest absolute Gasteiger partial charge is 1.00 e. The maximum absolute atomic E-state index is 8.62. The van der Waals surface area contributed by atoms with Crippen molar-refractivity contribution < 1.29 is 120 Å². The summed E-state index contributed by atoms with van der Waals surface area (Å²) in [5.41, 5.74) is 0. The van der Waals surface area contributed by atoms with E-state index in [9.17, 15) is 0 Å². The van der Waals surface area contributed by atoms with Crippen molar-refractivity contribution in [2.75, 3.05) is 0 Å². The zero-order chi connectivity index (χ0) is 9.00. The first-order chi connectivity index (χ1) is 4.00. The molecule has 0 aromatic heterocycles. The molecule has 12 heavy (non-hydrogen) atoms. The van der Waals surface area contributed by atoms with Gasteiger partial charge in [0.25, 0.3) is 0 Å². The van der Waals surface area contributed by atoms with Crippen molar-refractivity contribution in [1.29, 1.82) is 0 Å². The average Bonchev–Trinajstić information content (AvgIpc) is 1.12. The van der Waals surface area contributed by atoms with Crippen LogP contribution in [0.15, 0.2) is 0 Å². The van der Waals surface area contributed by atoms with E-state index in [1.165, 1.54) is 0 Å². The normalized spacial score (nSPS) is 10.0. The van der Waals surface area contributed by atoms with Gasteiger partial charge in [-0.25, -0.2) is 0 Å². The van der Waals surface area contributed by atoms with E-state index in [0.29, 0.717) is 0 Å². The third-order valence-corrected chi connectivity index (χ3v) is 0. The van der Waals surface area contributed by atoms with Crippen LogP contribution in [0, 0.1) is 0 Å². The van der Waals surface area contributed by atoms with E-state index < -0.39 is 40.2 Å². The van der Waals surface area contributed by atoms with Crippen molar-refractivity contribution in [2.24, 2.45) is 0 Å². The molecular weight excluding hydrogens is 513 g/mol. The molecule has 0 saturated carbocycles. The van der Waals surface area contributed by atoms with Crippen molar-refractivity contribution in [3.63, 3.8) is 0 Å². The van der Waals surface area contributed by atoms with Gasteiger partial charge in [0.2, 0.25) is 0 Å². The molecule has 0 rings (SSSR count). The summed E-state index contributed by atoms with van der Waals surface area (Å²) in [6.07, 6.45) is 0. The summed E-state index contributed by atoms with van der Waals surface area (Å²) in [7, 11) is 0. The first-order valence-electron chi connectivity index (χ1n) is 1.23. The molecule has 0 aliphatic heterocycles. The smallest absolute Gasteiger partial charge is 0.286 e. The summed E-state index contributed by atoms with van der Waals surface area (Å²) in [6.45, 7) is 0. The fourth-order valence-electron chi connectivity index (χ4n) is 0. The monoisotopic (exact) mass is 512 g/mol. The van der Waals surface area contributed by atoms with Crippen LogP contribution >= 0.6 is 0 Å². The topological polar surface area (TPSA) is 184 Å². The van der Waals surface area contributed by atoms with Crippen molar-refractivity contribution in [2.45, 2.75) is 0 Å². The van der Waals surface area contributed by atoms with E-state index in [0.717, 1.165) is 0 Å². The minimum atomic E-state index is -5.94. The van der Waals surface area contributed by atoms with Crippen molar-refractivity contribution >= 4 is 0 Å². The number of hydrogen-bond acceptors (Lipinski definition) is 8. The number of hydrogen-bond donors (Lipinski definition) is 0. The Morgan fingerprint density at radius 2 is 0.500 bits per heavy atom. The van der Waals surface area contributed by atoms with Crippen molar-refractivity contribution in [3.8, 4) is 0 Å². The Morgan fingerprint density at radius 3 is 0.500 bits per heavy atom.